The first kappa shape index (κ1) is 15.6. The largest absolute Gasteiger partial charge is 0.490 e. The molecule has 0 saturated carbocycles. The van der Waals surface area contributed by atoms with Gasteiger partial charge in [-0.05, 0) is 36.8 Å². The van der Waals surface area contributed by atoms with E-state index in [2.05, 4.69) is 4.98 Å². The average Bonchev–Trinajstić information content (AvgIpc) is 2.53. The molecule has 0 fully saturated rings. The summed E-state index contributed by atoms with van der Waals surface area (Å²) in [6.07, 6.45) is 5.95. The molecule has 0 spiro atoms. The van der Waals surface area contributed by atoms with Crippen molar-refractivity contribution in [3.05, 3.63) is 59.9 Å². The van der Waals surface area contributed by atoms with Crippen molar-refractivity contribution in [3.8, 4) is 11.5 Å². The van der Waals surface area contributed by atoms with Crippen molar-refractivity contribution in [1.82, 2.24) is 4.98 Å². The van der Waals surface area contributed by atoms with E-state index in [4.69, 9.17) is 14.6 Å². The van der Waals surface area contributed by atoms with Crippen LogP contribution in [0.5, 0.6) is 11.5 Å². The van der Waals surface area contributed by atoms with Crippen molar-refractivity contribution in [3.63, 3.8) is 0 Å². The fraction of sp³-hybridized carbons (Fsp3) is 0.176. The van der Waals surface area contributed by atoms with E-state index in [1.807, 2.05) is 19.1 Å². The number of carboxylic acids is 1. The smallest absolute Gasteiger partial charge is 0.328 e. The standard InChI is InChI=1S/C17H17NO4/c1-2-21-15-5-3-4-14(6-7-16(19)20)17(15)22-12-13-8-10-18-11-9-13/h3-11H,2,12H2,1H3,(H,19,20). The molecule has 0 aliphatic rings. The second kappa shape index (κ2) is 7.83. The zero-order valence-corrected chi connectivity index (χ0v) is 12.2. The molecule has 1 N–H and O–H groups in total. The molecule has 0 bridgehead atoms. The molecule has 0 aliphatic heterocycles. The SMILES string of the molecule is CCOc1cccc(C=CC(=O)O)c1OCc1ccncc1. The van der Waals surface area contributed by atoms with Gasteiger partial charge in [-0.2, -0.15) is 0 Å². The normalized spacial score (nSPS) is 10.6. The van der Waals surface area contributed by atoms with Crippen molar-refractivity contribution in [2.24, 2.45) is 0 Å². The Kier molecular flexibility index (Phi) is 5.54. The summed E-state index contributed by atoms with van der Waals surface area (Å²) in [5, 5.41) is 8.78. The molecule has 0 atom stereocenters. The Morgan fingerprint density at radius 1 is 1.23 bits per heavy atom. The molecule has 114 valence electrons. The molecule has 2 aromatic rings. The first-order chi connectivity index (χ1) is 10.7. The quantitative estimate of drug-likeness (QED) is 0.795. The lowest BCUT2D eigenvalue weighted by molar-refractivity contribution is -0.131. The summed E-state index contributed by atoms with van der Waals surface area (Å²) in [5.74, 6) is 0.102. The molecule has 1 aromatic heterocycles. The van der Waals surface area contributed by atoms with E-state index in [0.717, 1.165) is 11.6 Å². The van der Waals surface area contributed by atoms with Crippen LogP contribution in [0.15, 0.2) is 48.8 Å². The molecule has 1 heterocycles. The zero-order chi connectivity index (χ0) is 15.8. The Hall–Kier alpha value is -2.82. The van der Waals surface area contributed by atoms with Gasteiger partial charge in [0.15, 0.2) is 11.5 Å². The Morgan fingerprint density at radius 3 is 2.68 bits per heavy atom. The summed E-state index contributed by atoms with van der Waals surface area (Å²) in [7, 11) is 0. The van der Waals surface area contributed by atoms with Crippen LogP contribution in [0, 0.1) is 0 Å². The lowest BCUT2D eigenvalue weighted by Crippen LogP contribution is -2.01. The Bertz CT molecular complexity index is 653. The third kappa shape index (κ3) is 4.34. The maximum Gasteiger partial charge on any atom is 0.328 e. The Morgan fingerprint density at radius 2 is 2.00 bits per heavy atom. The molecular weight excluding hydrogens is 282 g/mol. The zero-order valence-electron chi connectivity index (χ0n) is 12.2. The van der Waals surface area contributed by atoms with Gasteiger partial charge in [0, 0.05) is 24.0 Å². The summed E-state index contributed by atoms with van der Waals surface area (Å²) in [4.78, 5) is 14.7. The van der Waals surface area contributed by atoms with E-state index in [0.29, 0.717) is 30.3 Å². The lowest BCUT2D eigenvalue weighted by Gasteiger charge is -2.14. The van der Waals surface area contributed by atoms with E-state index in [9.17, 15) is 4.79 Å². The van der Waals surface area contributed by atoms with Gasteiger partial charge in [-0.25, -0.2) is 4.79 Å². The number of carbonyl (C=O) groups is 1. The molecule has 0 saturated heterocycles. The van der Waals surface area contributed by atoms with Crippen molar-refractivity contribution >= 4 is 12.0 Å². The van der Waals surface area contributed by atoms with Gasteiger partial charge in [-0.3, -0.25) is 4.98 Å². The van der Waals surface area contributed by atoms with Gasteiger partial charge in [-0.1, -0.05) is 12.1 Å². The monoisotopic (exact) mass is 299 g/mol. The van der Waals surface area contributed by atoms with Crippen molar-refractivity contribution in [2.75, 3.05) is 6.61 Å². The highest BCUT2D eigenvalue weighted by Crippen LogP contribution is 2.33. The number of aliphatic carboxylic acids is 1. The predicted molar refractivity (Wildman–Crippen MR) is 82.8 cm³/mol. The Balaban J connectivity index is 2.26. The summed E-state index contributed by atoms with van der Waals surface area (Å²) < 4.78 is 11.4. The molecule has 2 rings (SSSR count). The lowest BCUT2D eigenvalue weighted by atomic mass is 10.1. The highest BCUT2D eigenvalue weighted by Gasteiger charge is 2.10. The molecule has 22 heavy (non-hydrogen) atoms. The second-order valence-electron chi connectivity index (χ2n) is 4.42. The van der Waals surface area contributed by atoms with E-state index in [-0.39, 0.29) is 0 Å². The minimum atomic E-state index is -1.01. The van der Waals surface area contributed by atoms with Gasteiger partial charge in [-0.15, -0.1) is 0 Å². The molecule has 0 unspecified atom stereocenters. The molecule has 1 aromatic carbocycles. The van der Waals surface area contributed by atoms with Crippen molar-refractivity contribution < 1.29 is 19.4 Å². The summed E-state index contributed by atoms with van der Waals surface area (Å²) in [6, 6.07) is 9.09. The summed E-state index contributed by atoms with van der Waals surface area (Å²) in [6.45, 7) is 2.73. The maximum atomic E-state index is 10.7. The first-order valence-electron chi connectivity index (χ1n) is 6.89. The fourth-order valence-corrected chi connectivity index (χ4v) is 1.88. The number of hydrogen-bond donors (Lipinski definition) is 1. The third-order valence-corrected chi connectivity index (χ3v) is 2.85. The number of nitrogens with zero attached hydrogens (tertiary/aromatic N) is 1. The predicted octanol–water partition coefficient (Wildman–Crippen LogP) is 3.16. The first-order valence-corrected chi connectivity index (χ1v) is 6.89. The minimum absolute atomic E-state index is 0.348. The number of rotatable bonds is 7. The van der Waals surface area contributed by atoms with Crippen LogP contribution >= 0.6 is 0 Å². The van der Waals surface area contributed by atoms with Crippen LogP contribution in [0.1, 0.15) is 18.1 Å². The van der Waals surface area contributed by atoms with Gasteiger partial charge < -0.3 is 14.6 Å². The highest BCUT2D eigenvalue weighted by molar-refractivity contribution is 5.86. The second-order valence-corrected chi connectivity index (χ2v) is 4.42. The molecule has 0 amide bonds. The topological polar surface area (TPSA) is 68.7 Å². The van der Waals surface area contributed by atoms with Gasteiger partial charge >= 0.3 is 5.97 Å². The number of ether oxygens (including phenoxy) is 2. The van der Waals surface area contributed by atoms with Crippen molar-refractivity contribution in [2.45, 2.75) is 13.5 Å². The van der Waals surface area contributed by atoms with Crippen LogP contribution < -0.4 is 9.47 Å². The van der Waals surface area contributed by atoms with E-state index in [1.165, 1.54) is 6.08 Å². The number of pyridine rings is 1. The molecule has 0 aliphatic carbocycles. The maximum absolute atomic E-state index is 10.7. The third-order valence-electron chi connectivity index (χ3n) is 2.85. The number of benzene rings is 1. The number of para-hydroxylation sites is 1. The number of hydrogen-bond acceptors (Lipinski definition) is 4. The van der Waals surface area contributed by atoms with Crippen LogP contribution in [0.4, 0.5) is 0 Å². The molecule has 5 nitrogen and oxygen atoms in total. The molecular formula is C17H17NO4. The Labute approximate surface area is 128 Å². The average molecular weight is 299 g/mol. The van der Waals surface area contributed by atoms with Crippen LogP contribution in [0.3, 0.4) is 0 Å². The number of aromatic nitrogens is 1. The van der Waals surface area contributed by atoms with Crippen molar-refractivity contribution in [1.29, 1.82) is 0 Å². The van der Waals surface area contributed by atoms with Gasteiger partial charge in [0.2, 0.25) is 0 Å². The van der Waals surface area contributed by atoms with Crippen LogP contribution in [-0.4, -0.2) is 22.7 Å². The van der Waals surface area contributed by atoms with Crippen LogP contribution in [-0.2, 0) is 11.4 Å². The summed E-state index contributed by atoms with van der Waals surface area (Å²) in [5.41, 5.74) is 1.62. The van der Waals surface area contributed by atoms with Crippen LogP contribution in [0.25, 0.3) is 6.08 Å². The molecule has 5 heteroatoms. The fourth-order valence-electron chi connectivity index (χ4n) is 1.88. The van der Waals surface area contributed by atoms with Crippen LogP contribution in [0.2, 0.25) is 0 Å². The minimum Gasteiger partial charge on any atom is -0.490 e. The van der Waals surface area contributed by atoms with E-state index in [1.54, 1.807) is 30.6 Å². The van der Waals surface area contributed by atoms with Gasteiger partial charge in [0.1, 0.15) is 6.61 Å². The number of carboxylic acid groups (broad SMARTS) is 1. The van der Waals surface area contributed by atoms with Gasteiger partial charge in [0.05, 0.1) is 6.61 Å². The van der Waals surface area contributed by atoms with E-state index >= 15 is 0 Å². The highest BCUT2D eigenvalue weighted by atomic mass is 16.5. The van der Waals surface area contributed by atoms with Gasteiger partial charge in [0.25, 0.3) is 0 Å². The van der Waals surface area contributed by atoms with E-state index < -0.39 is 5.97 Å². The summed E-state index contributed by atoms with van der Waals surface area (Å²) >= 11 is 0. The molecule has 0 radical (unpaired) electrons.